The molecule has 3 N–H and O–H groups in total. The van der Waals surface area contributed by atoms with Crippen LogP contribution in [-0.4, -0.2) is 40.8 Å². The first-order valence-corrected chi connectivity index (χ1v) is 11.1. The maximum atomic E-state index is 12.7. The van der Waals surface area contributed by atoms with Crippen molar-refractivity contribution in [1.29, 1.82) is 0 Å². The molecule has 0 aliphatic carbocycles. The van der Waals surface area contributed by atoms with E-state index in [0.717, 1.165) is 22.4 Å². The second kappa shape index (κ2) is 10.1. The normalized spacial score (nSPS) is 10.6. The zero-order chi connectivity index (χ0) is 23.2. The molecule has 33 heavy (non-hydrogen) atoms. The van der Waals surface area contributed by atoms with Crippen molar-refractivity contribution >= 4 is 23.4 Å². The number of benzene rings is 3. The van der Waals surface area contributed by atoms with Gasteiger partial charge >= 0.3 is 0 Å². The van der Waals surface area contributed by atoms with Crippen LogP contribution >= 0.6 is 11.8 Å². The van der Waals surface area contributed by atoms with Crippen LogP contribution in [0.15, 0.2) is 78.0 Å². The van der Waals surface area contributed by atoms with Crippen molar-refractivity contribution in [3.8, 4) is 34.0 Å². The molecule has 0 fully saturated rings. The molecule has 0 radical (unpaired) electrons. The van der Waals surface area contributed by atoms with E-state index in [0.29, 0.717) is 22.5 Å². The highest BCUT2D eigenvalue weighted by molar-refractivity contribution is 7.99. The molecule has 9 heteroatoms. The molecule has 1 amide bonds. The minimum absolute atomic E-state index is 0.129. The van der Waals surface area contributed by atoms with Gasteiger partial charge in [-0.15, -0.1) is 10.2 Å². The summed E-state index contributed by atoms with van der Waals surface area (Å²) < 4.78 is 12.0. The predicted octanol–water partition coefficient (Wildman–Crippen LogP) is 4.07. The third-order valence-electron chi connectivity index (χ3n) is 4.92. The molecule has 0 saturated carbocycles. The van der Waals surface area contributed by atoms with Gasteiger partial charge in [-0.1, -0.05) is 60.3 Å². The number of rotatable bonds is 8. The number of aromatic nitrogens is 3. The number of para-hydroxylation sites is 1. The van der Waals surface area contributed by atoms with Crippen LogP contribution < -0.4 is 20.6 Å². The van der Waals surface area contributed by atoms with Gasteiger partial charge in [0.2, 0.25) is 11.1 Å². The Balaban J connectivity index is 1.45. The van der Waals surface area contributed by atoms with Gasteiger partial charge in [0.15, 0.2) is 17.3 Å². The number of anilines is 1. The molecule has 0 aliphatic heterocycles. The first kappa shape index (κ1) is 22.2. The van der Waals surface area contributed by atoms with Crippen molar-refractivity contribution in [3.05, 3.63) is 72.8 Å². The van der Waals surface area contributed by atoms with E-state index >= 15 is 0 Å². The fraction of sp³-hybridized carbons (Fsp3) is 0.125. The lowest BCUT2D eigenvalue weighted by Gasteiger charge is -2.11. The Kier molecular flexibility index (Phi) is 6.80. The number of nitrogens with zero attached hydrogens (tertiary/aromatic N) is 3. The third kappa shape index (κ3) is 4.93. The Morgan fingerprint density at radius 1 is 0.939 bits per heavy atom. The largest absolute Gasteiger partial charge is 0.493 e. The lowest BCUT2D eigenvalue weighted by atomic mass is 10.0. The van der Waals surface area contributed by atoms with Crippen LogP contribution in [0.25, 0.3) is 22.5 Å². The summed E-state index contributed by atoms with van der Waals surface area (Å²) in [6.07, 6.45) is 0. The monoisotopic (exact) mass is 461 g/mol. The molecule has 0 aliphatic rings. The number of methoxy groups -OCH3 is 2. The molecule has 4 aromatic rings. The Bertz CT molecular complexity index is 1260. The van der Waals surface area contributed by atoms with Gasteiger partial charge < -0.3 is 20.6 Å². The van der Waals surface area contributed by atoms with E-state index in [9.17, 15) is 4.79 Å². The average molecular weight is 462 g/mol. The van der Waals surface area contributed by atoms with Crippen molar-refractivity contribution in [2.24, 2.45) is 0 Å². The molecule has 0 bridgehead atoms. The maximum absolute atomic E-state index is 12.7. The summed E-state index contributed by atoms with van der Waals surface area (Å²) in [4.78, 5) is 12.7. The smallest absolute Gasteiger partial charge is 0.234 e. The molecule has 8 nitrogen and oxygen atoms in total. The number of nitrogen functional groups attached to an aromatic ring is 1. The predicted molar refractivity (Wildman–Crippen MR) is 130 cm³/mol. The Labute approximate surface area is 195 Å². The van der Waals surface area contributed by atoms with Gasteiger partial charge in [0, 0.05) is 16.8 Å². The summed E-state index contributed by atoms with van der Waals surface area (Å²) in [7, 11) is 3.13. The first-order chi connectivity index (χ1) is 16.1. The number of nitrogens with two attached hydrogens (primary N) is 1. The van der Waals surface area contributed by atoms with Crippen LogP contribution in [0, 0.1) is 0 Å². The quantitative estimate of drug-likeness (QED) is 0.301. The van der Waals surface area contributed by atoms with Crippen molar-refractivity contribution in [3.63, 3.8) is 0 Å². The van der Waals surface area contributed by atoms with Crippen LogP contribution in [0.4, 0.5) is 5.69 Å². The highest BCUT2D eigenvalue weighted by atomic mass is 32.2. The van der Waals surface area contributed by atoms with Crippen LogP contribution in [0.3, 0.4) is 0 Å². The van der Waals surface area contributed by atoms with Crippen molar-refractivity contribution < 1.29 is 14.3 Å². The van der Waals surface area contributed by atoms with Crippen molar-refractivity contribution in [1.82, 2.24) is 14.9 Å². The van der Waals surface area contributed by atoms with E-state index in [-0.39, 0.29) is 11.7 Å². The van der Waals surface area contributed by atoms with Gasteiger partial charge in [0.05, 0.1) is 20.0 Å². The summed E-state index contributed by atoms with van der Waals surface area (Å²) >= 11 is 1.21. The van der Waals surface area contributed by atoms with Gasteiger partial charge in [-0.3, -0.25) is 4.79 Å². The summed E-state index contributed by atoms with van der Waals surface area (Å²) in [5, 5.41) is 11.7. The summed E-state index contributed by atoms with van der Waals surface area (Å²) in [5.41, 5.74) is 3.45. The van der Waals surface area contributed by atoms with E-state index in [1.54, 1.807) is 26.4 Å². The molecule has 0 atom stereocenters. The number of ether oxygens (including phenoxy) is 2. The third-order valence-corrected chi connectivity index (χ3v) is 5.87. The van der Waals surface area contributed by atoms with Gasteiger partial charge in [0.1, 0.15) is 0 Å². The maximum Gasteiger partial charge on any atom is 0.234 e. The summed E-state index contributed by atoms with van der Waals surface area (Å²) in [6.45, 7) is 0. The van der Waals surface area contributed by atoms with Crippen LogP contribution in [-0.2, 0) is 4.79 Å². The number of carbonyl (C=O) groups is 1. The molecule has 1 aromatic heterocycles. The SMILES string of the molecule is COc1ccc(-c2nnc(SCC(=O)Nc3ccccc3-c3ccccc3)n2N)cc1OC. The van der Waals surface area contributed by atoms with Crippen LogP contribution in [0.1, 0.15) is 0 Å². The molecule has 3 aromatic carbocycles. The average Bonchev–Trinajstić information content (AvgIpc) is 3.23. The van der Waals surface area contributed by atoms with Gasteiger partial charge in [-0.2, -0.15) is 0 Å². The Hall–Kier alpha value is -3.98. The number of amides is 1. The highest BCUT2D eigenvalue weighted by Gasteiger charge is 2.16. The lowest BCUT2D eigenvalue weighted by Crippen LogP contribution is -2.16. The fourth-order valence-electron chi connectivity index (χ4n) is 3.33. The van der Waals surface area contributed by atoms with Gasteiger partial charge in [0.25, 0.3) is 0 Å². The zero-order valence-electron chi connectivity index (χ0n) is 18.2. The van der Waals surface area contributed by atoms with E-state index in [4.69, 9.17) is 15.3 Å². The topological polar surface area (TPSA) is 104 Å². The van der Waals surface area contributed by atoms with E-state index in [1.807, 2.05) is 60.7 Å². The fourth-order valence-corrected chi connectivity index (χ4v) is 3.98. The first-order valence-electron chi connectivity index (χ1n) is 10.1. The number of thioether (sulfide) groups is 1. The Morgan fingerprint density at radius 2 is 1.67 bits per heavy atom. The molecular weight excluding hydrogens is 438 g/mol. The molecule has 1 heterocycles. The van der Waals surface area contributed by atoms with Crippen molar-refractivity contribution in [2.75, 3.05) is 31.1 Å². The Morgan fingerprint density at radius 3 is 2.42 bits per heavy atom. The molecular formula is C24H23N5O3S. The molecule has 168 valence electrons. The second-order valence-electron chi connectivity index (χ2n) is 6.99. The number of hydrogen-bond donors (Lipinski definition) is 2. The molecule has 0 unspecified atom stereocenters. The van der Waals surface area contributed by atoms with Crippen molar-refractivity contribution in [2.45, 2.75) is 5.16 Å². The molecule has 0 spiro atoms. The van der Waals surface area contributed by atoms with Crippen LogP contribution in [0.5, 0.6) is 11.5 Å². The summed E-state index contributed by atoms with van der Waals surface area (Å²) in [6, 6.07) is 23.0. The standard InChI is InChI=1S/C24H23N5O3S/c1-31-20-13-12-17(14-21(20)32-2)23-27-28-24(29(23)25)33-15-22(30)26-19-11-7-6-10-18(19)16-8-4-3-5-9-16/h3-14H,15,25H2,1-2H3,(H,26,30). The highest BCUT2D eigenvalue weighted by Crippen LogP contribution is 2.32. The number of nitrogens with one attached hydrogen (secondary N) is 1. The van der Waals surface area contributed by atoms with E-state index in [2.05, 4.69) is 15.5 Å². The minimum atomic E-state index is -0.168. The van der Waals surface area contributed by atoms with E-state index in [1.165, 1.54) is 16.4 Å². The zero-order valence-corrected chi connectivity index (χ0v) is 19.0. The summed E-state index contributed by atoms with van der Waals surface area (Å²) in [5.74, 6) is 7.78. The minimum Gasteiger partial charge on any atom is -0.493 e. The van der Waals surface area contributed by atoms with E-state index < -0.39 is 0 Å². The molecule has 0 saturated heterocycles. The van der Waals surface area contributed by atoms with Crippen LogP contribution in [0.2, 0.25) is 0 Å². The second-order valence-corrected chi connectivity index (χ2v) is 7.94. The number of hydrogen-bond acceptors (Lipinski definition) is 7. The van der Waals surface area contributed by atoms with Gasteiger partial charge in [-0.05, 0) is 29.8 Å². The van der Waals surface area contributed by atoms with Gasteiger partial charge in [-0.25, -0.2) is 4.68 Å². The number of carbonyl (C=O) groups excluding carboxylic acids is 1. The molecule has 4 rings (SSSR count). The lowest BCUT2D eigenvalue weighted by molar-refractivity contribution is -0.113.